The average molecular weight is 484 g/mol. The lowest BCUT2D eigenvalue weighted by molar-refractivity contribution is -0.138. The number of alkyl halides is 3. The summed E-state index contributed by atoms with van der Waals surface area (Å²) in [6.45, 7) is 2.97. The van der Waals surface area contributed by atoms with Gasteiger partial charge in [0.25, 0.3) is 0 Å². The third-order valence-electron chi connectivity index (χ3n) is 4.15. The normalized spacial score (nSPS) is 16.2. The van der Waals surface area contributed by atoms with Crippen LogP contribution >= 0.6 is 40.7 Å². The lowest BCUT2D eigenvalue weighted by atomic mass is 9.98. The molecular weight excluding hydrogens is 460 g/mol. The lowest BCUT2D eigenvalue weighted by Crippen LogP contribution is -2.45. The van der Waals surface area contributed by atoms with Gasteiger partial charge in [0.2, 0.25) is 0 Å². The van der Waals surface area contributed by atoms with E-state index in [2.05, 4.69) is 26.1 Å². The minimum atomic E-state index is -4.17. The monoisotopic (exact) mass is 482 g/mol. The van der Waals surface area contributed by atoms with Gasteiger partial charge in [-0.3, -0.25) is 4.90 Å². The molecule has 1 heterocycles. The number of halogens is 6. The van der Waals surface area contributed by atoms with Crippen molar-refractivity contribution in [1.29, 1.82) is 0 Å². The fourth-order valence-electron chi connectivity index (χ4n) is 2.94. The number of benzene rings is 1. The van der Waals surface area contributed by atoms with Gasteiger partial charge in [-0.15, -0.1) is 24.8 Å². The van der Waals surface area contributed by atoms with Crippen molar-refractivity contribution >= 4 is 40.7 Å². The Kier molecular flexibility index (Phi) is 11.3. The van der Waals surface area contributed by atoms with Gasteiger partial charge in [0.15, 0.2) is 0 Å². The van der Waals surface area contributed by atoms with Gasteiger partial charge in [0.05, 0.1) is 14.2 Å². The number of hydrogen-bond acceptors (Lipinski definition) is 4. The molecule has 0 saturated carbocycles. The van der Waals surface area contributed by atoms with E-state index in [0.29, 0.717) is 29.1 Å². The maximum Gasteiger partial charge on any atom is 0.389 e. The molecule has 0 spiro atoms. The quantitative estimate of drug-likeness (QED) is 0.641. The minimum absolute atomic E-state index is 0. The molecule has 0 unspecified atom stereocenters. The van der Waals surface area contributed by atoms with E-state index in [1.807, 2.05) is 0 Å². The predicted molar refractivity (Wildman–Crippen MR) is 104 cm³/mol. The second-order valence-electron chi connectivity index (χ2n) is 5.70. The van der Waals surface area contributed by atoms with Gasteiger partial charge in [0.1, 0.15) is 16.0 Å². The van der Waals surface area contributed by atoms with E-state index in [1.165, 1.54) is 14.2 Å². The average Bonchev–Trinajstić information content (AvgIpc) is 2.56. The zero-order valence-electron chi connectivity index (χ0n) is 14.6. The molecule has 10 heteroatoms. The molecule has 1 saturated heterocycles. The number of hydrogen-bond donors (Lipinski definition) is 1. The van der Waals surface area contributed by atoms with E-state index in [1.54, 1.807) is 12.1 Å². The summed E-state index contributed by atoms with van der Waals surface area (Å²) in [4.78, 5) is 2.09. The molecule has 1 aliphatic rings. The molecule has 2 rings (SSSR count). The molecule has 1 N–H and O–H groups in total. The molecule has 1 aromatic carbocycles. The van der Waals surface area contributed by atoms with Gasteiger partial charge in [-0.1, -0.05) is 0 Å². The first-order chi connectivity index (χ1) is 11.4. The van der Waals surface area contributed by atoms with Crippen LogP contribution in [0.5, 0.6) is 11.5 Å². The van der Waals surface area contributed by atoms with Crippen molar-refractivity contribution in [2.45, 2.75) is 25.1 Å². The number of ether oxygens (including phenoxy) is 2. The largest absolute Gasteiger partial charge is 0.495 e. The zero-order chi connectivity index (χ0) is 17.7. The van der Waals surface area contributed by atoms with Gasteiger partial charge in [-0.2, -0.15) is 13.2 Å². The first-order valence-corrected chi connectivity index (χ1v) is 8.58. The van der Waals surface area contributed by atoms with Gasteiger partial charge in [-0.25, -0.2) is 0 Å². The second-order valence-corrected chi connectivity index (χ2v) is 6.49. The van der Waals surface area contributed by atoms with Crippen LogP contribution < -0.4 is 14.8 Å². The molecular formula is C16H24BrCl2F3N2O2. The van der Waals surface area contributed by atoms with Crippen LogP contribution in [0.3, 0.4) is 0 Å². The summed E-state index contributed by atoms with van der Waals surface area (Å²) < 4.78 is 49.6. The highest BCUT2D eigenvalue weighted by molar-refractivity contribution is 9.10. The van der Waals surface area contributed by atoms with Crippen LogP contribution in [-0.4, -0.2) is 51.5 Å². The van der Waals surface area contributed by atoms with Gasteiger partial charge >= 0.3 is 6.18 Å². The highest BCUT2D eigenvalue weighted by Crippen LogP contribution is 2.40. The summed E-state index contributed by atoms with van der Waals surface area (Å²) in [6.07, 6.45) is -4.98. The standard InChI is InChI=1S/C16H22BrF3N2O2.2ClH/c1-23-13-9-11(10-14(24-2)15(13)17)12(3-4-16(18,19)20)22-7-5-21-6-8-22;;/h9-10,12,21H,3-8H2,1-2H3;2*1H/t12-;;/m1../s1. The number of piperazine rings is 1. The number of rotatable bonds is 6. The molecule has 0 amide bonds. The molecule has 4 nitrogen and oxygen atoms in total. The molecule has 1 aromatic rings. The summed E-state index contributed by atoms with van der Waals surface area (Å²) in [6, 6.07) is 3.25. The number of methoxy groups -OCH3 is 2. The smallest absolute Gasteiger partial charge is 0.389 e. The first-order valence-electron chi connectivity index (χ1n) is 7.78. The molecule has 152 valence electrons. The van der Waals surface area contributed by atoms with E-state index < -0.39 is 12.6 Å². The van der Waals surface area contributed by atoms with Crippen molar-refractivity contribution < 1.29 is 22.6 Å². The van der Waals surface area contributed by atoms with E-state index in [-0.39, 0.29) is 37.3 Å². The Balaban J connectivity index is 0.00000312. The first kappa shape index (κ1) is 25.6. The summed E-state index contributed by atoms with van der Waals surface area (Å²) in [7, 11) is 3.05. The van der Waals surface area contributed by atoms with Crippen molar-refractivity contribution in [2.75, 3.05) is 40.4 Å². The zero-order valence-corrected chi connectivity index (χ0v) is 17.8. The topological polar surface area (TPSA) is 33.7 Å². The van der Waals surface area contributed by atoms with Crippen LogP contribution in [0.15, 0.2) is 16.6 Å². The molecule has 0 bridgehead atoms. The van der Waals surface area contributed by atoms with E-state index in [9.17, 15) is 13.2 Å². The Morgan fingerprint density at radius 3 is 2.04 bits per heavy atom. The Labute approximate surface area is 172 Å². The molecule has 1 atom stereocenters. The van der Waals surface area contributed by atoms with E-state index in [4.69, 9.17) is 9.47 Å². The predicted octanol–water partition coefficient (Wildman–Crippen LogP) is 4.60. The van der Waals surface area contributed by atoms with Gasteiger partial charge in [0, 0.05) is 38.6 Å². The fourth-order valence-corrected chi connectivity index (χ4v) is 3.49. The van der Waals surface area contributed by atoms with Crippen LogP contribution in [0.4, 0.5) is 13.2 Å². The number of nitrogens with zero attached hydrogens (tertiary/aromatic N) is 1. The van der Waals surface area contributed by atoms with Crippen LogP contribution in [0, 0.1) is 0 Å². The van der Waals surface area contributed by atoms with Crippen LogP contribution in [0.2, 0.25) is 0 Å². The minimum Gasteiger partial charge on any atom is -0.495 e. The van der Waals surface area contributed by atoms with Crippen LogP contribution in [-0.2, 0) is 0 Å². The molecule has 0 aliphatic carbocycles. The van der Waals surface area contributed by atoms with E-state index >= 15 is 0 Å². The third kappa shape index (κ3) is 6.96. The summed E-state index contributed by atoms with van der Waals surface area (Å²) in [5.74, 6) is 1.10. The third-order valence-corrected chi connectivity index (χ3v) is 4.93. The van der Waals surface area contributed by atoms with E-state index in [0.717, 1.165) is 18.7 Å². The lowest BCUT2D eigenvalue weighted by Gasteiger charge is -2.35. The highest BCUT2D eigenvalue weighted by Gasteiger charge is 2.32. The van der Waals surface area contributed by atoms with Crippen molar-refractivity contribution in [3.8, 4) is 11.5 Å². The van der Waals surface area contributed by atoms with Crippen LogP contribution in [0.25, 0.3) is 0 Å². The Hall–Kier alpha value is -0.410. The van der Waals surface area contributed by atoms with Crippen molar-refractivity contribution in [2.24, 2.45) is 0 Å². The summed E-state index contributed by atoms with van der Waals surface area (Å²) >= 11 is 3.40. The molecule has 0 aromatic heterocycles. The number of nitrogens with one attached hydrogen (secondary N) is 1. The maximum atomic E-state index is 12.8. The molecule has 26 heavy (non-hydrogen) atoms. The molecule has 0 radical (unpaired) electrons. The summed E-state index contributed by atoms with van der Waals surface area (Å²) in [5.41, 5.74) is 0.776. The van der Waals surface area contributed by atoms with Crippen molar-refractivity contribution in [3.63, 3.8) is 0 Å². The SMILES string of the molecule is COc1cc([C@@H](CCC(F)(F)F)N2CCNCC2)cc(OC)c1Br.Cl.Cl. The fraction of sp³-hybridized carbons (Fsp3) is 0.625. The van der Waals surface area contributed by atoms with Crippen LogP contribution in [0.1, 0.15) is 24.4 Å². The Bertz CT molecular complexity index is 534. The van der Waals surface area contributed by atoms with Crippen molar-refractivity contribution in [1.82, 2.24) is 10.2 Å². The molecule has 1 fully saturated rings. The Morgan fingerprint density at radius 2 is 1.62 bits per heavy atom. The van der Waals surface area contributed by atoms with Gasteiger partial charge < -0.3 is 14.8 Å². The Morgan fingerprint density at radius 1 is 1.12 bits per heavy atom. The molecule has 1 aliphatic heterocycles. The van der Waals surface area contributed by atoms with Crippen molar-refractivity contribution in [3.05, 3.63) is 22.2 Å². The highest BCUT2D eigenvalue weighted by atomic mass is 79.9. The van der Waals surface area contributed by atoms with Gasteiger partial charge in [-0.05, 0) is 40.0 Å². The summed E-state index contributed by atoms with van der Waals surface area (Å²) in [5, 5.41) is 3.23. The second kappa shape index (κ2) is 11.4. The maximum absolute atomic E-state index is 12.8.